The maximum Gasteiger partial charge on any atom is 0.138 e. The number of benzene rings is 2. The summed E-state index contributed by atoms with van der Waals surface area (Å²) in [6, 6.07) is 10.6. The molecular formula is C18H19Cl3O5S. The quantitative estimate of drug-likeness (QED) is 0.474. The molecule has 3 N–H and O–H groups in total. The van der Waals surface area contributed by atoms with E-state index in [0.29, 0.717) is 21.5 Å². The number of hydrogen-bond acceptors (Lipinski definition) is 6. The van der Waals surface area contributed by atoms with E-state index in [4.69, 9.17) is 49.4 Å². The molecule has 5 nitrogen and oxygen atoms in total. The van der Waals surface area contributed by atoms with Crippen molar-refractivity contribution in [2.24, 2.45) is 0 Å². The molecule has 148 valence electrons. The fraction of sp³-hybridized carbons (Fsp3) is 0.333. The van der Waals surface area contributed by atoms with E-state index in [1.165, 1.54) is 11.8 Å². The van der Waals surface area contributed by atoms with Crippen LogP contribution in [0.3, 0.4) is 0 Å². The fourth-order valence-electron chi connectivity index (χ4n) is 1.93. The van der Waals surface area contributed by atoms with Crippen LogP contribution in [-0.2, 0) is 0 Å². The molecule has 9 heteroatoms. The summed E-state index contributed by atoms with van der Waals surface area (Å²) < 4.78 is 10.8. The molecule has 2 rings (SSSR count). The van der Waals surface area contributed by atoms with Crippen LogP contribution in [0.2, 0.25) is 10.0 Å². The monoisotopic (exact) mass is 452 g/mol. The first kappa shape index (κ1) is 22.4. The molecule has 0 saturated heterocycles. The van der Waals surface area contributed by atoms with Crippen molar-refractivity contribution in [2.75, 3.05) is 25.7 Å². The average molecular weight is 454 g/mol. The minimum Gasteiger partial charge on any atom is -0.489 e. The molecule has 0 aliphatic heterocycles. The lowest BCUT2D eigenvalue weighted by atomic mass is 10.3. The van der Waals surface area contributed by atoms with E-state index >= 15 is 0 Å². The van der Waals surface area contributed by atoms with Crippen molar-refractivity contribution in [1.29, 1.82) is 0 Å². The highest BCUT2D eigenvalue weighted by molar-refractivity contribution is 7.99. The van der Waals surface area contributed by atoms with Crippen LogP contribution in [0, 0.1) is 0 Å². The standard InChI is InChI=1S/C18H19Cl3O5S/c19-7-11(23)9-25-17-3-1-13(5-15(17)20)27-14-2-4-18(16(21)6-14)26-10-12(24)8-22/h1-6,11-12,22-24H,7-10H2. The number of halogens is 3. The van der Waals surface area contributed by atoms with E-state index < -0.39 is 12.2 Å². The van der Waals surface area contributed by atoms with Crippen molar-refractivity contribution < 1.29 is 24.8 Å². The van der Waals surface area contributed by atoms with Crippen molar-refractivity contribution in [3.8, 4) is 11.5 Å². The molecule has 0 aromatic heterocycles. The van der Waals surface area contributed by atoms with Gasteiger partial charge in [-0.3, -0.25) is 0 Å². The third kappa shape index (κ3) is 7.23. The molecule has 0 aliphatic rings. The molecule has 27 heavy (non-hydrogen) atoms. The lowest BCUT2D eigenvalue weighted by Gasteiger charge is -2.13. The van der Waals surface area contributed by atoms with Gasteiger partial charge in [0, 0.05) is 9.79 Å². The van der Waals surface area contributed by atoms with Gasteiger partial charge >= 0.3 is 0 Å². The lowest BCUT2D eigenvalue weighted by molar-refractivity contribution is 0.0536. The first-order chi connectivity index (χ1) is 12.9. The van der Waals surface area contributed by atoms with Gasteiger partial charge in [-0.2, -0.15) is 0 Å². The Kier molecular flexibility index (Phi) is 9.32. The number of alkyl halides is 1. The minimum atomic E-state index is -0.955. The molecule has 0 spiro atoms. The van der Waals surface area contributed by atoms with Crippen LogP contribution in [0.1, 0.15) is 0 Å². The molecule has 2 aromatic rings. The summed E-state index contributed by atoms with van der Waals surface area (Å²) in [5.74, 6) is 0.980. The van der Waals surface area contributed by atoms with Gasteiger partial charge in [-0.1, -0.05) is 35.0 Å². The maximum absolute atomic E-state index is 9.44. The number of rotatable bonds is 10. The SMILES string of the molecule is OCC(O)COc1ccc(Sc2ccc(OCC(O)CCl)c(Cl)c2)cc1Cl. The summed E-state index contributed by atoms with van der Waals surface area (Å²) in [6.45, 7) is -0.354. The first-order valence-corrected chi connectivity index (χ1v) is 10.1. The Balaban J connectivity index is 2.00. The van der Waals surface area contributed by atoms with Crippen LogP contribution in [0.4, 0.5) is 0 Å². The van der Waals surface area contributed by atoms with Crippen molar-refractivity contribution in [2.45, 2.75) is 22.0 Å². The zero-order valence-electron chi connectivity index (χ0n) is 14.1. The predicted octanol–water partition coefficient (Wildman–Crippen LogP) is 3.86. The van der Waals surface area contributed by atoms with Gasteiger partial charge in [0.1, 0.15) is 36.9 Å². The summed E-state index contributed by atoms with van der Waals surface area (Å²) in [5, 5.41) is 28.4. The van der Waals surface area contributed by atoms with Gasteiger partial charge in [0.2, 0.25) is 0 Å². The normalized spacial score (nSPS) is 13.3. The molecule has 0 bridgehead atoms. The van der Waals surface area contributed by atoms with Crippen LogP contribution in [-0.4, -0.2) is 53.2 Å². The van der Waals surface area contributed by atoms with Crippen LogP contribution in [0.15, 0.2) is 46.2 Å². The van der Waals surface area contributed by atoms with Gasteiger partial charge < -0.3 is 24.8 Å². The van der Waals surface area contributed by atoms with Gasteiger partial charge in [-0.25, -0.2) is 0 Å². The van der Waals surface area contributed by atoms with Gasteiger partial charge in [0.05, 0.1) is 22.5 Å². The van der Waals surface area contributed by atoms with Crippen molar-refractivity contribution in [3.05, 3.63) is 46.4 Å². The lowest BCUT2D eigenvalue weighted by Crippen LogP contribution is -2.21. The fourth-order valence-corrected chi connectivity index (χ4v) is 3.52. The number of hydrogen-bond donors (Lipinski definition) is 3. The first-order valence-electron chi connectivity index (χ1n) is 7.98. The largest absolute Gasteiger partial charge is 0.489 e. The minimum absolute atomic E-state index is 0.0435. The van der Waals surface area contributed by atoms with Crippen LogP contribution in [0.5, 0.6) is 11.5 Å². The second-order valence-electron chi connectivity index (χ2n) is 5.55. The molecule has 2 atom stereocenters. The Morgan fingerprint density at radius 3 is 1.74 bits per heavy atom. The summed E-state index contributed by atoms with van der Waals surface area (Å²) in [5.41, 5.74) is 0. The summed E-state index contributed by atoms with van der Waals surface area (Å²) in [4.78, 5) is 1.75. The Morgan fingerprint density at radius 1 is 0.852 bits per heavy atom. The summed E-state index contributed by atoms with van der Waals surface area (Å²) in [7, 11) is 0. The second kappa shape index (κ2) is 11.2. The van der Waals surface area contributed by atoms with Crippen LogP contribution in [0.25, 0.3) is 0 Å². The van der Waals surface area contributed by atoms with Gasteiger partial charge in [-0.15, -0.1) is 11.6 Å². The highest BCUT2D eigenvalue weighted by atomic mass is 35.5. The van der Waals surface area contributed by atoms with E-state index in [9.17, 15) is 10.2 Å². The van der Waals surface area contributed by atoms with E-state index in [0.717, 1.165) is 9.79 Å². The maximum atomic E-state index is 9.44. The second-order valence-corrected chi connectivity index (χ2v) is 7.82. The highest BCUT2D eigenvalue weighted by Gasteiger charge is 2.10. The molecule has 0 saturated carbocycles. The third-order valence-electron chi connectivity index (χ3n) is 3.29. The van der Waals surface area contributed by atoms with Crippen molar-refractivity contribution in [1.82, 2.24) is 0 Å². The molecule has 2 aromatic carbocycles. The topological polar surface area (TPSA) is 79.2 Å². The molecule has 0 fully saturated rings. The average Bonchev–Trinajstić information content (AvgIpc) is 2.66. The molecule has 0 amide bonds. The molecule has 0 heterocycles. The molecule has 2 unspecified atom stereocenters. The smallest absolute Gasteiger partial charge is 0.138 e. The van der Waals surface area contributed by atoms with E-state index in [1.807, 2.05) is 12.1 Å². The number of aliphatic hydroxyl groups excluding tert-OH is 3. The summed E-state index contributed by atoms with van der Waals surface area (Å²) in [6.07, 6.45) is -1.71. The van der Waals surface area contributed by atoms with Gasteiger partial charge in [0.15, 0.2) is 0 Å². The number of aliphatic hydroxyl groups is 3. The Bertz CT molecular complexity index is 685. The van der Waals surface area contributed by atoms with E-state index in [2.05, 4.69) is 0 Å². The van der Waals surface area contributed by atoms with Crippen LogP contribution >= 0.6 is 46.6 Å². The molecule has 0 radical (unpaired) electrons. The molecular weight excluding hydrogens is 435 g/mol. The van der Waals surface area contributed by atoms with Gasteiger partial charge in [0.25, 0.3) is 0 Å². The predicted molar refractivity (Wildman–Crippen MR) is 108 cm³/mol. The third-order valence-corrected chi connectivity index (χ3v) is 5.22. The summed E-state index contributed by atoms with van der Waals surface area (Å²) >= 11 is 19.4. The van der Waals surface area contributed by atoms with E-state index in [1.54, 1.807) is 24.3 Å². The number of ether oxygens (including phenoxy) is 2. The molecule has 0 aliphatic carbocycles. The Labute approximate surface area is 176 Å². The van der Waals surface area contributed by atoms with Crippen molar-refractivity contribution in [3.63, 3.8) is 0 Å². The van der Waals surface area contributed by atoms with Gasteiger partial charge in [-0.05, 0) is 36.4 Å². The zero-order chi connectivity index (χ0) is 19.8. The Hall–Kier alpha value is -0.860. The highest BCUT2D eigenvalue weighted by Crippen LogP contribution is 2.36. The van der Waals surface area contributed by atoms with Crippen molar-refractivity contribution >= 4 is 46.6 Å². The van der Waals surface area contributed by atoms with Crippen LogP contribution < -0.4 is 9.47 Å². The van der Waals surface area contributed by atoms with E-state index in [-0.39, 0.29) is 25.7 Å². The zero-order valence-corrected chi connectivity index (χ0v) is 17.2. The Morgan fingerprint density at radius 2 is 1.33 bits per heavy atom.